The van der Waals surface area contributed by atoms with Gasteiger partial charge in [0.05, 0.1) is 18.1 Å². The third-order valence-electron chi connectivity index (χ3n) is 4.80. The Morgan fingerprint density at radius 2 is 1.83 bits per heavy atom. The number of ether oxygens (including phenoxy) is 4. The summed E-state index contributed by atoms with van der Waals surface area (Å²) in [7, 11) is 0. The average molecular weight is 412 g/mol. The van der Waals surface area contributed by atoms with Gasteiger partial charge in [-0.2, -0.15) is 0 Å². The lowest BCUT2D eigenvalue weighted by Gasteiger charge is -2.41. The molecule has 3 rings (SSSR count). The van der Waals surface area contributed by atoms with Crippen molar-refractivity contribution >= 4 is 11.9 Å². The standard InChI is InChI=1S/C19H24O10/c1-9-6-12(7-14(21)27-9)28-19-17(24)16(23)15(22)13(29-19)8-26-18(25)10-2-4-11(20)5-3-10/h2-5,9,12-13,15-17,19-20,22-24H,6-8H2,1H3/t9-,12-,13+,15+,16-,17+,19+/m0/s1. The summed E-state index contributed by atoms with van der Waals surface area (Å²) in [4.78, 5) is 23.6. The SMILES string of the molecule is C[C@H]1C[C@H](O[C@@H]2O[C@H](COC(=O)c3ccc(O)cc3)[C@@H](O)[C@H](O)[C@H]2O)CC(=O)O1. The minimum Gasteiger partial charge on any atom is -0.508 e. The molecule has 0 amide bonds. The molecule has 2 fully saturated rings. The maximum atomic E-state index is 12.1. The fourth-order valence-electron chi connectivity index (χ4n) is 3.26. The van der Waals surface area contributed by atoms with Crippen LogP contribution in [0.4, 0.5) is 0 Å². The third-order valence-corrected chi connectivity index (χ3v) is 4.80. The molecule has 160 valence electrons. The van der Waals surface area contributed by atoms with E-state index in [9.17, 15) is 30.0 Å². The Balaban J connectivity index is 1.60. The van der Waals surface area contributed by atoms with Crippen molar-refractivity contribution in [3.8, 4) is 5.75 Å². The molecule has 2 aliphatic heterocycles. The third kappa shape index (κ3) is 5.22. The molecule has 0 unspecified atom stereocenters. The van der Waals surface area contributed by atoms with Crippen LogP contribution in [0.1, 0.15) is 30.1 Å². The number of benzene rings is 1. The average Bonchev–Trinajstić information content (AvgIpc) is 2.67. The van der Waals surface area contributed by atoms with E-state index in [-0.39, 0.29) is 23.8 Å². The molecule has 0 spiro atoms. The van der Waals surface area contributed by atoms with Gasteiger partial charge in [-0.1, -0.05) is 0 Å². The molecular weight excluding hydrogens is 388 g/mol. The maximum Gasteiger partial charge on any atom is 0.338 e. The van der Waals surface area contributed by atoms with Crippen molar-refractivity contribution in [2.75, 3.05) is 6.61 Å². The van der Waals surface area contributed by atoms with E-state index < -0.39 is 55.4 Å². The highest BCUT2D eigenvalue weighted by molar-refractivity contribution is 5.89. The first-order chi connectivity index (χ1) is 13.7. The number of aliphatic hydroxyl groups excluding tert-OH is 3. The van der Waals surface area contributed by atoms with Crippen molar-refractivity contribution in [1.82, 2.24) is 0 Å². The van der Waals surface area contributed by atoms with Crippen LogP contribution in [0.5, 0.6) is 5.75 Å². The number of aliphatic hydroxyl groups is 3. The van der Waals surface area contributed by atoms with Crippen molar-refractivity contribution in [3.05, 3.63) is 29.8 Å². The number of phenolic OH excluding ortho intramolecular Hbond substituents is 1. The van der Waals surface area contributed by atoms with E-state index in [2.05, 4.69) is 0 Å². The van der Waals surface area contributed by atoms with E-state index in [1.165, 1.54) is 24.3 Å². The Labute approximate surface area is 166 Å². The molecule has 29 heavy (non-hydrogen) atoms. The molecule has 0 aromatic heterocycles. The van der Waals surface area contributed by atoms with Crippen LogP contribution in [0.3, 0.4) is 0 Å². The predicted octanol–water partition coefficient (Wildman–Crippen LogP) is -0.533. The van der Waals surface area contributed by atoms with E-state index in [0.29, 0.717) is 6.42 Å². The second-order valence-corrected chi connectivity index (χ2v) is 7.16. The van der Waals surface area contributed by atoms with Gasteiger partial charge in [0.15, 0.2) is 6.29 Å². The van der Waals surface area contributed by atoms with Gasteiger partial charge in [-0.3, -0.25) is 4.79 Å². The summed E-state index contributed by atoms with van der Waals surface area (Å²) in [6.07, 6.45) is -7.75. The summed E-state index contributed by atoms with van der Waals surface area (Å²) in [5.41, 5.74) is 0.177. The second kappa shape index (κ2) is 9.06. The van der Waals surface area contributed by atoms with Gasteiger partial charge >= 0.3 is 11.9 Å². The summed E-state index contributed by atoms with van der Waals surface area (Å²) < 4.78 is 21.3. The molecule has 0 aliphatic carbocycles. The number of phenols is 1. The van der Waals surface area contributed by atoms with Crippen molar-refractivity contribution in [2.45, 2.75) is 62.7 Å². The highest BCUT2D eigenvalue weighted by atomic mass is 16.7. The number of carbonyl (C=O) groups excluding carboxylic acids is 2. The zero-order valence-electron chi connectivity index (χ0n) is 15.7. The van der Waals surface area contributed by atoms with Crippen LogP contribution in [0.15, 0.2) is 24.3 Å². The van der Waals surface area contributed by atoms with Gasteiger partial charge in [0, 0.05) is 6.42 Å². The monoisotopic (exact) mass is 412 g/mol. The lowest BCUT2D eigenvalue weighted by Crippen LogP contribution is -2.60. The first-order valence-electron chi connectivity index (χ1n) is 9.25. The molecule has 2 aliphatic rings. The molecular formula is C19H24O10. The number of esters is 2. The molecule has 10 heteroatoms. The quantitative estimate of drug-likeness (QED) is 0.464. The minimum absolute atomic E-state index is 0.00870. The number of cyclic esters (lactones) is 1. The predicted molar refractivity (Wildman–Crippen MR) is 94.7 cm³/mol. The molecule has 0 radical (unpaired) electrons. The number of carbonyl (C=O) groups is 2. The highest BCUT2D eigenvalue weighted by Gasteiger charge is 2.46. The Bertz CT molecular complexity index is 720. The Kier molecular flexibility index (Phi) is 6.70. The van der Waals surface area contributed by atoms with Crippen molar-refractivity contribution in [2.24, 2.45) is 0 Å². The zero-order chi connectivity index (χ0) is 21.1. The zero-order valence-corrected chi connectivity index (χ0v) is 15.7. The van der Waals surface area contributed by atoms with Crippen molar-refractivity contribution in [3.63, 3.8) is 0 Å². The van der Waals surface area contributed by atoms with Crippen LogP contribution in [-0.2, 0) is 23.7 Å². The Morgan fingerprint density at radius 3 is 2.48 bits per heavy atom. The largest absolute Gasteiger partial charge is 0.508 e. The van der Waals surface area contributed by atoms with Gasteiger partial charge in [-0.05, 0) is 31.2 Å². The van der Waals surface area contributed by atoms with Crippen LogP contribution in [0, 0.1) is 0 Å². The number of aromatic hydroxyl groups is 1. The van der Waals surface area contributed by atoms with Crippen molar-refractivity contribution < 1.29 is 49.0 Å². The fraction of sp³-hybridized carbons (Fsp3) is 0.579. The molecule has 0 saturated carbocycles. The fourth-order valence-corrected chi connectivity index (χ4v) is 3.26. The van der Waals surface area contributed by atoms with Gasteiger partial charge in [0.25, 0.3) is 0 Å². The Morgan fingerprint density at radius 1 is 1.14 bits per heavy atom. The van der Waals surface area contributed by atoms with E-state index in [0.717, 1.165) is 0 Å². The molecule has 1 aromatic carbocycles. The van der Waals surface area contributed by atoms with E-state index in [1.54, 1.807) is 6.92 Å². The summed E-state index contributed by atoms with van der Waals surface area (Å²) in [5.74, 6) is -1.17. The first-order valence-corrected chi connectivity index (χ1v) is 9.25. The topological polar surface area (TPSA) is 152 Å². The van der Waals surface area contributed by atoms with Gasteiger partial charge in [-0.15, -0.1) is 0 Å². The minimum atomic E-state index is -1.60. The van der Waals surface area contributed by atoms with E-state index >= 15 is 0 Å². The van der Waals surface area contributed by atoms with Crippen LogP contribution < -0.4 is 0 Å². The van der Waals surface area contributed by atoms with Gasteiger partial charge in [-0.25, -0.2) is 4.79 Å². The van der Waals surface area contributed by atoms with Gasteiger partial charge in [0.2, 0.25) is 0 Å². The molecule has 2 saturated heterocycles. The lowest BCUT2D eigenvalue weighted by molar-refractivity contribution is -0.314. The number of rotatable bonds is 5. The maximum absolute atomic E-state index is 12.1. The summed E-state index contributed by atoms with van der Waals surface area (Å²) in [5, 5.41) is 39.7. The van der Waals surface area contributed by atoms with E-state index in [4.69, 9.17) is 18.9 Å². The lowest BCUT2D eigenvalue weighted by atomic mass is 9.99. The molecule has 7 atom stereocenters. The van der Waals surface area contributed by atoms with Crippen LogP contribution >= 0.6 is 0 Å². The van der Waals surface area contributed by atoms with Crippen LogP contribution in [0.2, 0.25) is 0 Å². The number of hydrogen-bond acceptors (Lipinski definition) is 10. The number of hydrogen-bond donors (Lipinski definition) is 4. The molecule has 0 bridgehead atoms. The van der Waals surface area contributed by atoms with Crippen LogP contribution in [0.25, 0.3) is 0 Å². The first kappa shape index (κ1) is 21.5. The van der Waals surface area contributed by atoms with E-state index in [1.807, 2.05) is 0 Å². The Hall–Kier alpha value is -2.24. The summed E-state index contributed by atoms with van der Waals surface area (Å²) in [6, 6.07) is 5.37. The van der Waals surface area contributed by atoms with Crippen molar-refractivity contribution in [1.29, 1.82) is 0 Å². The normalized spacial score (nSPS) is 35.0. The molecule has 4 N–H and O–H groups in total. The summed E-state index contributed by atoms with van der Waals surface area (Å²) in [6.45, 7) is 1.30. The smallest absolute Gasteiger partial charge is 0.338 e. The molecule has 1 aromatic rings. The highest BCUT2D eigenvalue weighted by Crippen LogP contribution is 2.27. The van der Waals surface area contributed by atoms with Gasteiger partial charge < -0.3 is 39.4 Å². The van der Waals surface area contributed by atoms with Gasteiger partial charge in [0.1, 0.15) is 42.9 Å². The molecule has 10 nitrogen and oxygen atoms in total. The second-order valence-electron chi connectivity index (χ2n) is 7.16. The van der Waals surface area contributed by atoms with Crippen LogP contribution in [-0.4, -0.2) is 81.9 Å². The summed E-state index contributed by atoms with van der Waals surface area (Å²) >= 11 is 0. The molecule has 2 heterocycles.